The third kappa shape index (κ3) is 4.63. The summed E-state index contributed by atoms with van der Waals surface area (Å²) in [5.74, 6) is -0.0363. The Balaban J connectivity index is 0. The van der Waals surface area contributed by atoms with E-state index in [0.29, 0.717) is 6.42 Å². The second-order valence-electron chi connectivity index (χ2n) is 5.20. The van der Waals surface area contributed by atoms with Crippen molar-refractivity contribution in [2.24, 2.45) is 5.41 Å². The number of hydrogen-bond donors (Lipinski definition) is 0. The first kappa shape index (κ1) is 21.5. The predicted octanol–water partition coefficient (Wildman–Crippen LogP) is -2.01. The maximum absolute atomic E-state index is 11.5. The minimum atomic E-state index is -0.772. The van der Waals surface area contributed by atoms with E-state index in [2.05, 4.69) is 34.6 Å². The van der Waals surface area contributed by atoms with Crippen LogP contribution in [-0.2, 0) is 27.7 Å². The van der Waals surface area contributed by atoms with Crippen LogP contribution in [0.15, 0.2) is 20.6 Å². The van der Waals surface area contributed by atoms with Gasteiger partial charge in [0.05, 0.1) is 0 Å². The van der Waals surface area contributed by atoms with E-state index >= 15 is 0 Å². The fourth-order valence-corrected chi connectivity index (χ4v) is 3.88. The van der Waals surface area contributed by atoms with Gasteiger partial charge in [0.1, 0.15) is 0 Å². The first-order valence-electron chi connectivity index (χ1n) is 6.17. The van der Waals surface area contributed by atoms with Gasteiger partial charge in [0.15, 0.2) is 0 Å². The Morgan fingerprint density at radius 2 is 1.68 bits per heavy atom. The molecule has 0 aromatic rings. The fraction of sp³-hybridized carbons (Fsp3) is 0.643. The third-order valence-corrected chi connectivity index (χ3v) is 6.18. The first-order chi connectivity index (χ1) is 7.82. The second kappa shape index (κ2) is 8.51. The molecule has 0 spiro atoms. The first-order valence-corrected chi connectivity index (χ1v) is 7.59. The summed E-state index contributed by atoms with van der Waals surface area (Å²) >= 11 is -0.772. The van der Waals surface area contributed by atoms with Crippen LogP contribution in [0.1, 0.15) is 54.4 Å². The summed E-state index contributed by atoms with van der Waals surface area (Å²) < 4.78 is 6.84. The Hall–Kier alpha value is 0.244. The molecule has 0 aromatic carbocycles. The van der Waals surface area contributed by atoms with Crippen LogP contribution >= 0.6 is 0 Å². The molecule has 0 N–H and O–H groups in total. The number of carbonyl (C=O) groups is 1. The molecule has 0 aliphatic heterocycles. The predicted molar refractivity (Wildman–Crippen MR) is 65.9 cm³/mol. The fourth-order valence-electron chi connectivity index (χ4n) is 2.16. The molecule has 0 heterocycles. The Bertz CT molecular complexity index is 398. The van der Waals surface area contributed by atoms with Gasteiger partial charge in [0, 0.05) is 0 Å². The average molecular weight is 341 g/mol. The van der Waals surface area contributed by atoms with Crippen LogP contribution in [0.4, 0.5) is 0 Å². The normalized spacial score (nSPS) is 16.5. The number of halogens is 2. The molecule has 1 aliphatic carbocycles. The number of rotatable bonds is 4. The van der Waals surface area contributed by atoms with Crippen molar-refractivity contribution in [1.82, 2.24) is 0 Å². The smallest absolute Gasteiger partial charge is 1.00 e. The molecule has 2 nitrogen and oxygen atoms in total. The summed E-state index contributed by atoms with van der Waals surface area (Å²) in [6.07, 6.45) is 1.41. The van der Waals surface area contributed by atoms with Crippen molar-refractivity contribution in [2.45, 2.75) is 54.4 Å². The van der Waals surface area contributed by atoms with Gasteiger partial charge in [-0.15, -0.1) is 0 Å². The number of hydrogen-bond acceptors (Lipinski definition) is 2. The Morgan fingerprint density at radius 3 is 2.05 bits per heavy atom. The topological polar surface area (TPSA) is 26.3 Å². The van der Waals surface area contributed by atoms with E-state index in [4.69, 9.17) is 3.32 Å². The van der Waals surface area contributed by atoms with Gasteiger partial charge in [0.25, 0.3) is 0 Å². The van der Waals surface area contributed by atoms with E-state index < -0.39 is 19.5 Å². The monoisotopic (exact) mass is 340 g/mol. The SMILES string of the molecule is CCCC(=O)[O][Ti+2][C]1=C(C)C(C)=C(C)C1(C)C.[Cl-].[Cl-]. The van der Waals surface area contributed by atoms with Gasteiger partial charge in [-0.3, -0.25) is 0 Å². The molecular weight excluding hydrogens is 319 g/mol. The van der Waals surface area contributed by atoms with Crippen LogP contribution in [0.25, 0.3) is 0 Å². The zero-order valence-electron chi connectivity index (χ0n) is 12.5. The molecular formula is C14H22Cl2O2Ti. The van der Waals surface area contributed by atoms with Gasteiger partial charge < -0.3 is 24.8 Å². The number of carbonyl (C=O) groups excluding carboxylic acids is 1. The van der Waals surface area contributed by atoms with Crippen molar-refractivity contribution in [3.63, 3.8) is 0 Å². The summed E-state index contributed by atoms with van der Waals surface area (Å²) in [5, 5.41) is 0. The largest absolute Gasteiger partial charge is 1.00 e. The molecule has 19 heavy (non-hydrogen) atoms. The maximum atomic E-state index is 11.5. The summed E-state index contributed by atoms with van der Waals surface area (Å²) in [4.78, 5) is 11.5. The quantitative estimate of drug-likeness (QED) is 0.553. The van der Waals surface area contributed by atoms with Crippen LogP contribution in [-0.4, -0.2) is 5.97 Å². The molecule has 1 aliphatic rings. The molecule has 0 saturated heterocycles. The van der Waals surface area contributed by atoms with Crippen LogP contribution in [0, 0.1) is 5.41 Å². The molecule has 0 atom stereocenters. The van der Waals surface area contributed by atoms with Crippen molar-refractivity contribution in [1.29, 1.82) is 0 Å². The van der Waals surface area contributed by atoms with Gasteiger partial charge in [-0.25, -0.2) is 0 Å². The number of allylic oxidation sites excluding steroid dienone is 4. The molecule has 108 valence electrons. The molecule has 0 bridgehead atoms. The molecule has 0 radical (unpaired) electrons. The Kier molecular flexibility index (Phi) is 9.65. The summed E-state index contributed by atoms with van der Waals surface area (Å²) in [6.45, 7) is 13.0. The van der Waals surface area contributed by atoms with E-state index in [9.17, 15) is 4.79 Å². The average Bonchev–Trinajstić information content (AvgIpc) is 2.39. The van der Waals surface area contributed by atoms with Crippen molar-refractivity contribution in [3.8, 4) is 0 Å². The van der Waals surface area contributed by atoms with Crippen LogP contribution in [0.5, 0.6) is 0 Å². The van der Waals surface area contributed by atoms with Crippen molar-refractivity contribution in [2.75, 3.05) is 0 Å². The molecule has 0 unspecified atom stereocenters. The minimum absolute atomic E-state index is 0. The van der Waals surface area contributed by atoms with Crippen LogP contribution in [0.3, 0.4) is 0 Å². The van der Waals surface area contributed by atoms with E-state index in [1.165, 1.54) is 20.6 Å². The summed E-state index contributed by atoms with van der Waals surface area (Å²) in [6, 6.07) is 0. The van der Waals surface area contributed by atoms with Crippen molar-refractivity contribution >= 4 is 5.97 Å². The molecule has 1 rings (SSSR count). The van der Waals surface area contributed by atoms with Crippen LogP contribution < -0.4 is 24.8 Å². The second-order valence-corrected chi connectivity index (χ2v) is 6.62. The van der Waals surface area contributed by atoms with Gasteiger partial charge in [-0.2, -0.15) is 0 Å². The van der Waals surface area contributed by atoms with Gasteiger partial charge in [0.2, 0.25) is 0 Å². The molecule has 0 saturated carbocycles. The van der Waals surface area contributed by atoms with Crippen LogP contribution in [0.2, 0.25) is 0 Å². The van der Waals surface area contributed by atoms with Crippen molar-refractivity contribution < 1.29 is 52.5 Å². The Labute approximate surface area is 138 Å². The molecule has 0 fully saturated rings. The van der Waals surface area contributed by atoms with E-state index in [0.717, 1.165) is 6.42 Å². The maximum Gasteiger partial charge on any atom is -1.00 e. The zero-order valence-corrected chi connectivity index (χ0v) is 15.6. The van der Waals surface area contributed by atoms with Gasteiger partial charge >= 0.3 is 114 Å². The minimum Gasteiger partial charge on any atom is -1.00 e. The van der Waals surface area contributed by atoms with Gasteiger partial charge in [-0.1, -0.05) is 0 Å². The van der Waals surface area contributed by atoms with E-state index in [-0.39, 0.29) is 36.2 Å². The zero-order chi connectivity index (χ0) is 13.2. The third-order valence-electron chi connectivity index (χ3n) is 3.78. The summed E-state index contributed by atoms with van der Waals surface area (Å²) in [7, 11) is 0. The summed E-state index contributed by atoms with van der Waals surface area (Å²) in [5.41, 5.74) is 4.22. The Morgan fingerprint density at radius 1 is 1.16 bits per heavy atom. The molecule has 0 aromatic heterocycles. The van der Waals surface area contributed by atoms with E-state index in [1.807, 2.05) is 6.92 Å². The molecule has 5 heteroatoms. The van der Waals surface area contributed by atoms with Crippen molar-refractivity contribution in [3.05, 3.63) is 20.6 Å². The van der Waals surface area contributed by atoms with Gasteiger partial charge in [-0.05, 0) is 0 Å². The molecule has 0 amide bonds. The standard InChI is InChI=1S/C10H15.C4H8O2.2ClH.Ti/c1-7-6-10(4,5)9(3)8(7)2;1-2-3-4(5)6;;;/h1-5H3;2-3H2,1H3,(H,5,6);2*1H;/q;;;;+3/p-3. The van der Waals surface area contributed by atoms with E-state index in [1.54, 1.807) is 0 Å².